The molecule has 1 aliphatic carbocycles. The Kier molecular flexibility index (Phi) is 4.74. The third kappa shape index (κ3) is 3.25. The van der Waals surface area contributed by atoms with Gasteiger partial charge in [0.05, 0.1) is 24.6 Å². The lowest BCUT2D eigenvalue weighted by atomic mass is 9.78. The normalized spacial score (nSPS) is 15.5. The fourth-order valence-corrected chi connectivity index (χ4v) is 4.20. The summed E-state index contributed by atoms with van der Waals surface area (Å²) in [5, 5.41) is 11.5. The van der Waals surface area contributed by atoms with Crippen molar-refractivity contribution in [3.05, 3.63) is 75.1 Å². The highest BCUT2D eigenvalue weighted by atomic mass is 16.7. The second-order valence-electron chi connectivity index (χ2n) is 7.65. The summed E-state index contributed by atoms with van der Waals surface area (Å²) in [6.45, 7) is 0.0461. The van der Waals surface area contributed by atoms with Crippen molar-refractivity contribution < 1.29 is 33.7 Å². The number of esters is 1. The van der Waals surface area contributed by atoms with Crippen LogP contribution in [0.3, 0.4) is 0 Å². The van der Waals surface area contributed by atoms with Gasteiger partial charge in [-0.2, -0.15) is 0 Å². The van der Waals surface area contributed by atoms with Gasteiger partial charge in [0.15, 0.2) is 11.5 Å². The van der Waals surface area contributed by atoms with Crippen molar-refractivity contribution in [1.82, 2.24) is 4.98 Å². The summed E-state index contributed by atoms with van der Waals surface area (Å²) in [6, 6.07) is 10.9. The van der Waals surface area contributed by atoms with E-state index in [1.165, 1.54) is 25.3 Å². The molecule has 0 bridgehead atoms. The van der Waals surface area contributed by atoms with Gasteiger partial charge in [0.2, 0.25) is 18.4 Å². The number of Topliss-reactive ketones (excluding diaryl/α,β-unsaturated/α-hetero) is 2. The Hall–Kier alpha value is -4.40. The number of aliphatic hydroxyl groups excluding tert-OH is 1. The fourth-order valence-electron chi connectivity index (χ4n) is 4.20. The van der Waals surface area contributed by atoms with Crippen LogP contribution in [0.15, 0.2) is 52.8 Å². The molecule has 2 N–H and O–H groups in total. The first-order chi connectivity index (χ1) is 15.9. The van der Waals surface area contributed by atoms with Gasteiger partial charge in [0.1, 0.15) is 5.76 Å². The molecule has 5 rings (SSSR count). The number of nitrogens with one attached hydrogen (secondary N) is 1. The molecule has 166 valence electrons. The van der Waals surface area contributed by atoms with E-state index in [0.29, 0.717) is 22.4 Å². The van der Waals surface area contributed by atoms with Gasteiger partial charge in [-0.05, 0) is 12.1 Å². The highest BCUT2D eigenvalue weighted by molar-refractivity contribution is 6.52. The van der Waals surface area contributed by atoms with E-state index in [9.17, 15) is 24.3 Å². The average Bonchev–Trinajstić information content (AvgIpc) is 3.27. The maximum absolute atomic E-state index is 13.0. The SMILES string of the molecule is COC(=O)C[C@H](C1=C(O)c2ccccc2C(=O)C1=O)c1cc2cc3c(cc2[nH]c1=O)OCO3. The van der Waals surface area contributed by atoms with Crippen LogP contribution in [0.4, 0.5) is 0 Å². The number of allylic oxidation sites excluding steroid dienone is 1. The van der Waals surface area contributed by atoms with Crippen molar-refractivity contribution in [2.45, 2.75) is 12.3 Å². The predicted octanol–water partition coefficient (Wildman–Crippen LogP) is 2.64. The maximum atomic E-state index is 13.0. The number of H-pyrrole nitrogens is 1. The molecule has 9 heteroatoms. The summed E-state index contributed by atoms with van der Waals surface area (Å²) in [7, 11) is 1.17. The highest BCUT2D eigenvalue weighted by Crippen LogP contribution is 2.39. The zero-order valence-corrected chi connectivity index (χ0v) is 17.3. The quantitative estimate of drug-likeness (QED) is 0.461. The number of hydrogen-bond donors (Lipinski definition) is 2. The molecule has 9 nitrogen and oxygen atoms in total. The zero-order chi connectivity index (χ0) is 23.3. The van der Waals surface area contributed by atoms with E-state index in [4.69, 9.17) is 14.2 Å². The van der Waals surface area contributed by atoms with Crippen molar-refractivity contribution >= 4 is 34.2 Å². The number of pyridine rings is 1. The van der Waals surface area contributed by atoms with Crippen LogP contribution < -0.4 is 15.0 Å². The molecule has 1 aromatic heterocycles. The van der Waals surface area contributed by atoms with Crippen LogP contribution in [0.5, 0.6) is 11.5 Å². The Bertz CT molecular complexity index is 1450. The van der Waals surface area contributed by atoms with Gasteiger partial charge < -0.3 is 24.3 Å². The standard InChI is InChI=1S/C24H17NO8/c1-31-19(26)8-14(20-21(27)12-4-2-3-5-13(12)22(28)23(20)29)15-6-11-7-17-18(33-10-32-17)9-16(11)25-24(15)30/h2-7,9,14,27H,8,10H2,1H3,(H,25,30)/t14-/m0/s1. The van der Waals surface area contributed by atoms with Crippen molar-refractivity contribution in [3.63, 3.8) is 0 Å². The number of hydrogen-bond acceptors (Lipinski definition) is 8. The minimum absolute atomic E-state index is 0.0221. The van der Waals surface area contributed by atoms with E-state index in [0.717, 1.165) is 0 Å². The lowest BCUT2D eigenvalue weighted by molar-refractivity contribution is -0.140. The molecule has 0 fully saturated rings. The second-order valence-corrected chi connectivity index (χ2v) is 7.65. The number of benzene rings is 2. The number of rotatable bonds is 4. The van der Waals surface area contributed by atoms with Gasteiger partial charge in [-0.15, -0.1) is 0 Å². The number of ether oxygens (including phenoxy) is 3. The number of carbonyl (C=O) groups excluding carboxylic acids is 3. The molecule has 2 aliphatic rings. The number of aliphatic hydroxyl groups is 1. The topological polar surface area (TPSA) is 132 Å². The van der Waals surface area contributed by atoms with Gasteiger partial charge in [-0.1, -0.05) is 24.3 Å². The van der Waals surface area contributed by atoms with E-state index >= 15 is 0 Å². The molecule has 1 atom stereocenters. The van der Waals surface area contributed by atoms with Crippen LogP contribution in [0, 0.1) is 0 Å². The van der Waals surface area contributed by atoms with Gasteiger partial charge in [0.25, 0.3) is 5.56 Å². The van der Waals surface area contributed by atoms with Gasteiger partial charge in [-0.3, -0.25) is 19.2 Å². The van der Waals surface area contributed by atoms with E-state index in [2.05, 4.69) is 4.98 Å². The summed E-state index contributed by atoms with van der Waals surface area (Å²) in [5.74, 6) is -3.24. The zero-order valence-electron chi connectivity index (χ0n) is 17.3. The number of fused-ring (bicyclic) bond motifs is 3. The molecule has 2 aromatic carbocycles. The molecule has 2 heterocycles. The van der Waals surface area contributed by atoms with Crippen molar-refractivity contribution in [2.75, 3.05) is 13.9 Å². The Morgan fingerprint density at radius 1 is 1.06 bits per heavy atom. The summed E-state index contributed by atoms with van der Waals surface area (Å²) in [5.41, 5.74) is -0.217. The van der Waals surface area contributed by atoms with E-state index in [-0.39, 0.29) is 29.1 Å². The summed E-state index contributed by atoms with van der Waals surface area (Å²) >= 11 is 0. The van der Waals surface area contributed by atoms with E-state index < -0.39 is 41.2 Å². The van der Waals surface area contributed by atoms with Crippen LogP contribution in [-0.2, 0) is 14.3 Å². The summed E-state index contributed by atoms with van der Waals surface area (Å²) in [4.78, 5) is 53.8. The number of aromatic nitrogens is 1. The van der Waals surface area contributed by atoms with Crippen molar-refractivity contribution in [3.8, 4) is 11.5 Å². The molecule has 0 saturated heterocycles. The van der Waals surface area contributed by atoms with Gasteiger partial charge in [0, 0.05) is 34.1 Å². The van der Waals surface area contributed by atoms with Crippen molar-refractivity contribution in [1.29, 1.82) is 0 Å². The molecular formula is C24H17NO8. The number of carbonyl (C=O) groups is 3. The lowest BCUT2D eigenvalue weighted by Gasteiger charge is -2.24. The van der Waals surface area contributed by atoms with Crippen LogP contribution in [0.25, 0.3) is 16.7 Å². The predicted molar refractivity (Wildman–Crippen MR) is 115 cm³/mol. The van der Waals surface area contributed by atoms with Crippen LogP contribution in [0.1, 0.15) is 33.8 Å². The Balaban J connectivity index is 1.73. The second kappa shape index (κ2) is 7.63. The molecule has 33 heavy (non-hydrogen) atoms. The number of aromatic amines is 1. The van der Waals surface area contributed by atoms with E-state index in [1.807, 2.05) is 0 Å². The Labute approximate surface area is 186 Å². The molecule has 0 saturated carbocycles. The minimum Gasteiger partial charge on any atom is -0.507 e. The maximum Gasteiger partial charge on any atom is 0.306 e. The Morgan fingerprint density at radius 3 is 2.48 bits per heavy atom. The first-order valence-electron chi connectivity index (χ1n) is 10.0. The van der Waals surface area contributed by atoms with Crippen molar-refractivity contribution in [2.24, 2.45) is 0 Å². The first-order valence-corrected chi connectivity index (χ1v) is 10.0. The first kappa shape index (κ1) is 20.5. The highest BCUT2D eigenvalue weighted by Gasteiger charge is 2.39. The minimum atomic E-state index is -1.22. The summed E-state index contributed by atoms with van der Waals surface area (Å²) < 4.78 is 15.5. The molecule has 0 radical (unpaired) electrons. The number of ketones is 2. The lowest BCUT2D eigenvalue weighted by Crippen LogP contribution is -2.30. The van der Waals surface area contributed by atoms with E-state index in [1.54, 1.807) is 24.3 Å². The smallest absolute Gasteiger partial charge is 0.306 e. The van der Waals surface area contributed by atoms with Crippen LogP contribution in [0.2, 0.25) is 0 Å². The average molecular weight is 447 g/mol. The van der Waals surface area contributed by atoms with Crippen LogP contribution in [-0.4, -0.2) is 41.5 Å². The molecular weight excluding hydrogens is 430 g/mol. The number of methoxy groups -OCH3 is 1. The molecule has 1 aliphatic heterocycles. The molecule has 0 amide bonds. The van der Waals surface area contributed by atoms with Crippen LogP contribution >= 0.6 is 0 Å². The largest absolute Gasteiger partial charge is 0.507 e. The molecule has 3 aromatic rings. The van der Waals surface area contributed by atoms with Gasteiger partial charge in [-0.25, -0.2) is 0 Å². The third-order valence-corrected chi connectivity index (χ3v) is 5.82. The third-order valence-electron chi connectivity index (χ3n) is 5.82. The fraction of sp³-hybridized carbons (Fsp3) is 0.167. The summed E-state index contributed by atoms with van der Waals surface area (Å²) in [6.07, 6.45) is -0.434. The van der Waals surface area contributed by atoms with Gasteiger partial charge >= 0.3 is 5.97 Å². The molecule has 0 spiro atoms. The molecule has 0 unspecified atom stereocenters. The monoisotopic (exact) mass is 447 g/mol. The Morgan fingerprint density at radius 2 is 1.76 bits per heavy atom.